The average Bonchev–Trinajstić information content (AvgIpc) is 3.80. The molecule has 5 aliphatic carbocycles. The van der Waals surface area contributed by atoms with Crippen molar-refractivity contribution in [1.82, 2.24) is 0 Å². The molecule has 12 rings (SSSR count). The molecule has 0 radical (unpaired) electrons. The first-order chi connectivity index (χ1) is 32.6. The molecule has 2 saturated carbocycles. The highest BCUT2D eigenvalue weighted by Gasteiger charge is 2.45. The van der Waals surface area contributed by atoms with E-state index in [0.717, 1.165) is 13.0 Å². The Balaban J connectivity index is 0.904. The number of rotatable bonds is 9. The van der Waals surface area contributed by atoms with E-state index in [1.54, 1.807) is 22.3 Å². The van der Waals surface area contributed by atoms with Gasteiger partial charge in [-0.25, -0.2) is 0 Å². The minimum Gasteiger partial charge on any atom is -0.338 e. The largest absolute Gasteiger partial charge is 0.338 e. The summed E-state index contributed by atoms with van der Waals surface area (Å²) in [5.74, 6) is 0. The molecule has 0 heterocycles. The van der Waals surface area contributed by atoms with E-state index in [4.69, 9.17) is 0 Å². The van der Waals surface area contributed by atoms with Crippen LogP contribution in [0.2, 0.25) is 0 Å². The van der Waals surface area contributed by atoms with Crippen LogP contribution in [0.3, 0.4) is 0 Å². The van der Waals surface area contributed by atoms with Gasteiger partial charge in [0, 0.05) is 40.1 Å². The lowest BCUT2D eigenvalue weighted by Gasteiger charge is -2.37. The van der Waals surface area contributed by atoms with Crippen molar-refractivity contribution in [3.05, 3.63) is 227 Å². The predicted octanol–water partition coefficient (Wildman–Crippen LogP) is 17.2. The fraction of sp³-hybridized carbons (Fsp3) is 0.250. The molecule has 2 nitrogen and oxygen atoms in total. The molecule has 326 valence electrons. The van der Waals surface area contributed by atoms with E-state index in [1.165, 1.54) is 131 Å². The van der Waals surface area contributed by atoms with Gasteiger partial charge in [-0.1, -0.05) is 184 Å². The third-order valence-corrected chi connectivity index (χ3v) is 16.3. The summed E-state index contributed by atoms with van der Waals surface area (Å²) < 4.78 is 0. The second-order valence-corrected chi connectivity index (χ2v) is 19.6. The highest BCUT2D eigenvalue weighted by molar-refractivity contribution is 5.87. The van der Waals surface area contributed by atoms with Gasteiger partial charge in [0.15, 0.2) is 0 Å². The zero-order valence-corrected chi connectivity index (χ0v) is 38.4. The van der Waals surface area contributed by atoms with Crippen LogP contribution in [0.25, 0.3) is 33.9 Å². The zero-order chi connectivity index (χ0) is 44.1. The van der Waals surface area contributed by atoms with E-state index in [1.807, 2.05) is 0 Å². The molecule has 0 aliphatic heterocycles. The highest BCUT2D eigenvalue weighted by atomic mass is 15.2. The molecule has 0 N–H and O–H groups in total. The van der Waals surface area contributed by atoms with E-state index >= 15 is 0 Å². The quantitative estimate of drug-likeness (QED) is 0.133. The Labute approximate surface area is 392 Å². The summed E-state index contributed by atoms with van der Waals surface area (Å²) in [4.78, 5) is 5.13. The number of anilines is 4. The summed E-state index contributed by atoms with van der Waals surface area (Å²) in [6.45, 7) is 2.94. The molecule has 0 bridgehead atoms. The molecule has 2 spiro atoms. The van der Waals surface area contributed by atoms with Crippen molar-refractivity contribution >= 4 is 34.4 Å². The Kier molecular flexibility index (Phi) is 10.5. The molecular weight excluding hydrogens is 797 g/mol. The molecule has 0 aromatic heterocycles. The molecule has 66 heavy (non-hydrogen) atoms. The Hall–Kier alpha value is -6.64. The summed E-state index contributed by atoms with van der Waals surface area (Å²) in [5.41, 5.74) is 22.3. The van der Waals surface area contributed by atoms with Gasteiger partial charge in [-0.3, -0.25) is 0 Å². The monoisotopic (exact) mass is 856 g/mol. The summed E-state index contributed by atoms with van der Waals surface area (Å²) in [7, 11) is 0. The van der Waals surface area contributed by atoms with Gasteiger partial charge < -0.3 is 9.80 Å². The molecule has 0 saturated heterocycles. The van der Waals surface area contributed by atoms with E-state index in [0.29, 0.717) is 0 Å². The lowest BCUT2D eigenvalue weighted by atomic mass is 9.67. The van der Waals surface area contributed by atoms with Crippen molar-refractivity contribution in [3.8, 4) is 22.3 Å². The average molecular weight is 857 g/mol. The van der Waals surface area contributed by atoms with Crippen molar-refractivity contribution in [2.75, 3.05) is 16.3 Å². The topological polar surface area (TPSA) is 6.48 Å². The highest BCUT2D eigenvalue weighted by Crippen LogP contribution is 2.58. The van der Waals surface area contributed by atoms with Crippen LogP contribution in [0.5, 0.6) is 0 Å². The van der Waals surface area contributed by atoms with Crippen molar-refractivity contribution < 1.29 is 0 Å². The number of hydrogen-bond donors (Lipinski definition) is 0. The first-order valence-electron chi connectivity index (χ1n) is 24.9. The van der Waals surface area contributed by atoms with Crippen LogP contribution in [0.4, 0.5) is 22.7 Å². The third-order valence-electron chi connectivity index (χ3n) is 16.3. The maximum Gasteiger partial charge on any atom is 0.0631 e. The van der Waals surface area contributed by atoms with Crippen LogP contribution in [-0.2, 0) is 10.8 Å². The molecule has 2 heteroatoms. The number of para-hydroxylation sites is 1. The molecule has 1 atom stereocenters. The third kappa shape index (κ3) is 6.74. The molecule has 5 aliphatic rings. The van der Waals surface area contributed by atoms with Gasteiger partial charge in [0.05, 0.1) is 6.04 Å². The standard InChI is InChI=1S/C64H60N2/c1-2-46(47-31-33-50(34-32-47)66(49-23-6-3-7-24-49)62-30-18-21-48-20-8-9-25-53(48)62)22-19-43-65(51-35-37-56-54-26-10-12-28-58(54)63(60(56)44-51)39-14-4-15-40-63)52-36-38-57-55-27-11-13-29-59(55)64(61(57)45-52)41-16-5-17-42-64/h2-3,6-13,18-29,31-38,44-45,62H,4-5,14-17,30,39-43H2,1H3/b22-19-,46-2+. The van der Waals surface area contributed by atoms with E-state index in [9.17, 15) is 0 Å². The SMILES string of the molecule is C/C=C(\C=C/CN(c1ccc2c(c1)C1(CCCCC1)c1ccccc1-2)c1ccc2c(c1)C1(CCCCC1)c1ccccc1-2)c1ccc(N(c2ccccc2)C2CC=Cc3ccccc32)cc1. The minimum atomic E-state index is 0.102. The lowest BCUT2D eigenvalue weighted by Crippen LogP contribution is -2.29. The second-order valence-electron chi connectivity index (χ2n) is 19.6. The van der Waals surface area contributed by atoms with Crippen molar-refractivity contribution in [3.63, 3.8) is 0 Å². The van der Waals surface area contributed by atoms with Crippen molar-refractivity contribution in [1.29, 1.82) is 0 Å². The summed E-state index contributed by atoms with van der Waals surface area (Å²) in [6, 6.07) is 62.8. The fourth-order valence-corrected chi connectivity index (χ4v) is 13.2. The van der Waals surface area contributed by atoms with E-state index < -0.39 is 0 Å². The van der Waals surface area contributed by atoms with Gasteiger partial charge >= 0.3 is 0 Å². The maximum absolute atomic E-state index is 2.61. The van der Waals surface area contributed by atoms with Gasteiger partial charge in [-0.15, -0.1) is 0 Å². The number of nitrogens with zero attached hydrogens (tertiary/aromatic N) is 2. The molecular formula is C64H60N2. The van der Waals surface area contributed by atoms with Gasteiger partial charge in [-0.2, -0.15) is 0 Å². The summed E-state index contributed by atoms with van der Waals surface area (Å²) in [5, 5.41) is 0. The van der Waals surface area contributed by atoms with Gasteiger partial charge in [0.2, 0.25) is 0 Å². The predicted molar refractivity (Wildman–Crippen MR) is 279 cm³/mol. The van der Waals surface area contributed by atoms with Crippen LogP contribution in [0.15, 0.2) is 188 Å². The van der Waals surface area contributed by atoms with Gasteiger partial charge in [-0.05, 0) is 154 Å². The van der Waals surface area contributed by atoms with Crippen LogP contribution in [-0.4, -0.2) is 6.54 Å². The summed E-state index contributed by atoms with van der Waals surface area (Å²) in [6.07, 6.45) is 25.4. The first kappa shape index (κ1) is 40.8. The van der Waals surface area contributed by atoms with Crippen LogP contribution < -0.4 is 9.80 Å². The smallest absolute Gasteiger partial charge is 0.0631 e. The van der Waals surface area contributed by atoms with Gasteiger partial charge in [0.1, 0.15) is 0 Å². The second kappa shape index (κ2) is 17.0. The number of allylic oxidation sites excluding steroid dienone is 3. The molecule has 7 aromatic rings. The Morgan fingerprint density at radius 1 is 0.515 bits per heavy atom. The Morgan fingerprint density at radius 2 is 1.03 bits per heavy atom. The van der Waals surface area contributed by atoms with Crippen molar-refractivity contribution in [2.24, 2.45) is 0 Å². The van der Waals surface area contributed by atoms with Crippen LogP contribution in [0, 0.1) is 0 Å². The normalized spacial score (nSPS) is 18.4. The van der Waals surface area contributed by atoms with Gasteiger partial charge in [0.25, 0.3) is 0 Å². The number of fused-ring (bicyclic) bond motifs is 11. The molecule has 1 unspecified atom stereocenters. The van der Waals surface area contributed by atoms with E-state index in [2.05, 4.69) is 211 Å². The maximum atomic E-state index is 2.61. The number of hydrogen-bond acceptors (Lipinski definition) is 2. The molecule has 2 fully saturated rings. The first-order valence-corrected chi connectivity index (χ1v) is 24.9. The summed E-state index contributed by atoms with van der Waals surface area (Å²) >= 11 is 0. The lowest BCUT2D eigenvalue weighted by molar-refractivity contribution is 0.353. The molecule has 7 aromatic carbocycles. The Bertz CT molecular complexity index is 2890. The molecule has 0 amide bonds. The fourth-order valence-electron chi connectivity index (χ4n) is 13.2. The Morgan fingerprint density at radius 3 is 1.64 bits per heavy atom. The van der Waals surface area contributed by atoms with E-state index in [-0.39, 0.29) is 16.9 Å². The van der Waals surface area contributed by atoms with Crippen LogP contribution >= 0.6 is 0 Å². The number of benzene rings is 7. The van der Waals surface area contributed by atoms with Crippen molar-refractivity contribution in [2.45, 2.75) is 94.4 Å². The van der Waals surface area contributed by atoms with Crippen LogP contribution in [0.1, 0.15) is 123 Å². The minimum absolute atomic E-state index is 0.102. The zero-order valence-electron chi connectivity index (χ0n) is 38.4.